The molecule has 2 nitrogen and oxygen atoms in total. The van der Waals surface area contributed by atoms with Crippen LogP contribution in [0.2, 0.25) is 0 Å². The molecule has 0 aliphatic rings. The number of hydrogen-bond donors (Lipinski definition) is 0. The van der Waals surface area contributed by atoms with E-state index in [4.69, 9.17) is 4.74 Å². The van der Waals surface area contributed by atoms with Gasteiger partial charge in [0.05, 0.1) is 5.56 Å². The van der Waals surface area contributed by atoms with E-state index in [0.717, 1.165) is 11.8 Å². The van der Waals surface area contributed by atoms with Crippen molar-refractivity contribution in [2.75, 3.05) is 0 Å². The van der Waals surface area contributed by atoms with Crippen LogP contribution in [-0.4, -0.2) is 6.29 Å². The topological polar surface area (TPSA) is 26.3 Å². The highest BCUT2D eigenvalue weighted by atomic mass is 16.5. The molecule has 0 radical (unpaired) electrons. The fraction of sp³-hybridized carbons (Fsp3) is 0.278. The molecular formula is C18H24O2. The quantitative estimate of drug-likeness (QED) is 0.721. The molecule has 0 saturated heterocycles. The van der Waals surface area contributed by atoms with Gasteiger partial charge in [-0.05, 0) is 17.7 Å². The molecular weight excluding hydrogens is 248 g/mol. The minimum Gasteiger partial charge on any atom is -0.488 e. The molecule has 2 aromatic carbocycles. The van der Waals surface area contributed by atoms with E-state index < -0.39 is 0 Å². The van der Waals surface area contributed by atoms with Crippen LogP contribution in [0.25, 0.3) is 0 Å². The van der Waals surface area contributed by atoms with Crippen LogP contribution in [0.1, 0.15) is 43.6 Å². The average Bonchev–Trinajstić information content (AvgIpc) is 2.58. The van der Waals surface area contributed by atoms with Crippen molar-refractivity contribution in [2.24, 2.45) is 0 Å². The van der Waals surface area contributed by atoms with Crippen molar-refractivity contribution < 1.29 is 9.53 Å². The Hall–Kier alpha value is -2.09. The van der Waals surface area contributed by atoms with Crippen molar-refractivity contribution in [3.63, 3.8) is 0 Å². The Balaban J connectivity index is 0.000000829. The van der Waals surface area contributed by atoms with Crippen molar-refractivity contribution in [2.45, 2.75) is 34.3 Å². The number of carbonyl (C=O) groups excluding carboxylic acids is 1. The number of carbonyl (C=O) groups is 1. The van der Waals surface area contributed by atoms with Gasteiger partial charge in [-0.3, -0.25) is 4.79 Å². The SMILES string of the molecule is CC.CC.O=Cc1ccccc1OCc1ccccc1. The summed E-state index contributed by atoms with van der Waals surface area (Å²) in [6.45, 7) is 8.48. The van der Waals surface area contributed by atoms with Crippen LogP contribution in [0.15, 0.2) is 54.6 Å². The molecule has 0 saturated carbocycles. The summed E-state index contributed by atoms with van der Waals surface area (Å²) in [6.07, 6.45) is 0.806. The molecule has 0 aliphatic heterocycles. The normalized spacial score (nSPS) is 8.40. The first-order valence-corrected chi connectivity index (χ1v) is 7.11. The van der Waals surface area contributed by atoms with E-state index in [-0.39, 0.29) is 0 Å². The van der Waals surface area contributed by atoms with Crippen molar-refractivity contribution in [3.8, 4) is 5.75 Å². The van der Waals surface area contributed by atoms with E-state index in [1.165, 1.54) is 0 Å². The predicted molar refractivity (Wildman–Crippen MR) is 85.3 cm³/mol. The van der Waals surface area contributed by atoms with Gasteiger partial charge in [-0.1, -0.05) is 70.2 Å². The zero-order chi connectivity index (χ0) is 15.2. The standard InChI is InChI=1S/C14H12O2.2C2H6/c15-10-13-8-4-5-9-14(13)16-11-12-6-2-1-3-7-12;2*1-2/h1-10H,11H2;2*1-2H3. The van der Waals surface area contributed by atoms with Gasteiger partial charge in [-0.25, -0.2) is 0 Å². The van der Waals surface area contributed by atoms with Gasteiger partial charge in [0.25, 0.3) is 0 Å². The second kappa shape index (κ2) is 12.0. The summed E-state index contributed by atoms with van der Waals surface area (Å²) in [5.74, 6) is 0.626. The lowest BCUT2D eigenvalue weighted by Gasteiger charge is -2.07. The van der Waals surface area contributed by atoms with Gasteiger partial charge in [0.1, 0.15) is 12.4 Å². The van der Waals surface area contributed by atoms with Crippen LogP contribution in [0.4, 0.5) is 0 Å². The third-order valence-corrected chi connectivity index (χ3v) is 2.28. The van der Waals surface area contributed by atoms with E-state index >= 15 is 0 Å². The van der Waals surface area contributed by atoms with Crippen LogP contribution in [0.3, 0.4) is 0 Å². The van der Waals surface area contributed by atoms with Crippen LogP contribution < -0.4 is 4.74 Å². The number of aldehydes is 1. The molecule has 0 aliphatic carbocycles. The molecule has 2 rings (SSSR count). The van der Waals surface area contributed by atoms with Gasteiger partial charge in [0.15, 0.2) is 6.29 Å². The summed E-state index contributed by atoms with van der Waals surface area (Å²) in [4.78, 5) is 10.8. The summed E-state index contributed by atoms with van der Waals surface area (Å²) in [7, 11) is 0. The van der Waals surface area contributed by atoms with Crippen molar-refractivity contribution >= 4 is 6.29 Å². The highest BCUT2D eigenvalue weighted by molar-refractivity contribution is 5.79. The molecule has 0 heterocycles. The maximum absolute atomic E-state index is 10.8. The van der Waals surface area contributed by atoms with Gasteiger partial charge < -0.3 is 4.74 Å². The summed E-state index contributed by atoms with van der Waals surface area (Å²) in [5.41, 5.74) is 1.67. The van der Waals surface area contributed by atoms with Crippen molar-refractivity contribution in [1.82, 2.24) is 0 Å². The number of benzene rings is 2. The molecule has 0 bridgehead atoms. The van der Waals surface area contributed by atoms with Gasteiger partial charge in [0, 0.05) is 0 Å². The lowest BCUT2D eigenvalue weighted by molar-refractivity contribution is 0.111. The molecule has 0 aromatic heterocycles. The minimum atomic E-state index is 0.478. The summed E-state index contributed by atoms with van der Waals surface area (Å²) < 4.78 is 5.58. The lowest BCUT2D eigenvalue weighted by atomic mass is 10.2. The van der Waals surface area contributed by atoms with E-state index in [1.54, 1.807) is 12.1 Å². The van der Waals surface area contributed by atoms with E-state index in [1.807, 2.05) is 70.2 Å². The fourth-order valence-electron chi connectivity index (χ4n) is 1.44. The Labute approximate surface area is 122 Å². The smallest absolute Gasteiger partial charge is 0.153 e. The maximum atomic E-state index is 10.8. The minimum absolute atomic E-state index is 0.478. The fourth-order valence-corrected chi connectivity index (χ4v) is 1.44. The molecule has 20 heavy (non-hydrogen) atoms. The third-order valence-electron chi connectivity index (χ3n) is 2.28. The average molecular weight is 272 g/mol. The number of rotatable bonds is 4. The number of para-hydroxylation sites is 1. The molecule has 2 aromatic rings. The first-order valence-electron chi connectivity index (χ1n) is 7.11. The van der Waals surface area contributed by atoms with E-state index in [0.29, 0.717) is 17.9 Å². The van der Waals surface area contributed by atoms with Crippen LogP contribution in [0, 0.1) is 0 Å². The Kier molecular flexibility index (Phi) is 10.7. The summed E-state index contributed by atoms with van der Waals surface area (Å²) >= 11 is 0. The zero-order valence-electron chi connectivity index (χ0n) is 12.8. The Morgan fingerprint density at radius 3 is 2.00 bits per heavy atom. The highest BCUT2D eigenvalue weighted by Crippen LogP contribution is 2.17. The molecule has 0 N–H and O–H groups in total. The maximum Gasteiger partial charge on any atom is 0.153 e. The lowest BCUT2D eigenvalue weighted by Crippen LogP contribution is -1.97. The number of ether oxygens (including phenoxy) is 1. The second-order valence-electron chi connectivity index (χ2n) is 3.43. The molecule has 0 unspecified atom stereocenters. The molecule has 0 fully saturated rings. The molecule has 0 spiro atoms. The van der Waals surface area contributed by atoms with Gasteiger partial charge in [0.2, 0.25) is 0 Å². The predicted octanol–water partition coefficient (Wildman–Crippen LogP) is 5.13. The Morgan fingerprint density at radius 2 is 1.40 bits per heavy atom. The first kappa shape index (κ1) is 17.9. The van der Waals surface area contributed by atoms with Crippen molar-refractivity contribution in [1.29, 1.82) is 0 Å². The van der Waals surface area contributed by atoms with E-state index in [9.17, 15) is 4.79 Å². The summed E-state index contributed by atoms with van der Waals surface area (Å²) in [6, 6.07) is 17.1. The van der Waals surface area contributed by atoms with Gasteiger partial charge >= 0.3 is 0 Å². The molecule has 108 valence electrons. The first-order chi connectivity index (χ1) is 9.90. The molecule has 0 amide bonds. The van der Waals surface area contributed by atoms with E-state index in [2.05, 4.69) is 0 Å². The zero-order valence-corrected chi connectivity index (χ0v) is 12.8. The van der Waals surface area contributed by atoms with Crippen molar-refractivity contribution in [3.05, 3.63) is 65.7 Å². The van der Waals surface area contributed by atoms with Crippen LogP contribution >= 0.6 is 0 Å². The second-order valence-corrected chi connectivity index (χ2v) is 3.43. The van der Waals surface area contributed by atoms with Gasteiger partial charge in [-0.2, -0.15) is 0 Å². The summed E-state index contributed by atoms with van der Waals surface area (Å²) in [5, 5.41) is 0. The monoisotopic (exact) mass is 272 g/mol. The Bertz CT molecular complexity index is 464. The third kappa shape index (κ3) is 6.19. The van der Waals surface area contributed by atoms with Crippen LogP contribution in [0.5, 0.6) is 5.75 Å². The Morgan fingerprint density at radius 1 is 0.850 bits per heavy atom. The largest absolute Gasteiger partial charge is 0.488 e. The number of hydrogen-bond acceptors (Lipinski definition) is 2. The highest BCUT2D eigenvalue weighted by Gasteiger charge is 2.01. The molecule has 0 atom stereocenters. The molecule has 2 heteroatoms. The van der Waals surface area contributed by atoms with Gasteiger partial charge in [-0.15, -0.1) is 0 Å². The van der Waals surface area contributed by atoms with Crippen LogP contribution in [-0.2, 0) is 6.61 Å².